The zero-order valence-corrected chi connectivity index (χ0v) is 12.2. The summed E-state index contributed by atoms with van der Waals surface area (Å²) in [5, 5.41) is 0.553. The van der Waals surface area contributed by atoms with Crippen LogP contribution in [-0.2, 0) is 13.0 Å². The number of thioether (sulfide) groups is 1. The molecule has 0 aliphatic rings. The van der Waals surface area contributed by atoms with Gasteiger partial charge in [0.1, 0.15) is 11.6 Å². The molecule has 5 nitrogen and oxygen atoms in total. The topological polar surface area (TPSA) is 64.1 Å². The average molecular weight is 292 g/mol. The molecule has 6 heteroatoms. The summed E-state index contributed by atoms with van der Waals surface area (Å²) in [4.78, 5) is 31.5. The molecule has 106 valence electrons. The zero-order chi connectivity index (χ0) is 14.5. The fourth-order valence-electron chi connectivity index (χ4n) is 1.88. The van der Waals surface area contributed by atoms with Gasteiger partial charge in [-0.05, 0) is 18.2 Å². The number of rotatable bonds is 5. The fraction of sp³-hybridized carbons (Fsp3) is 0.286. The Bertz CT molecular complexity index is 692. The highest BCUT2D eigenvalue weighted by atomic mass is 32.2. The highest BCUT2D eigenvalue weighted by Gasteiger charge is 2.13. The summed E-state index contributed by atoms with van der Waals surface area (Å²) in [6.45, 7) is 2.14. The first-order valence-electron chi connectivity index (χ1n) is 6.26. The summed E-state index contributed by atoms with van der Waals surface area (Å²) in [7, 11) is 0. The van der Waals surface area contributed by atoms with Gasteiger partial charge in [0.25, 0.3) is 5.56 Å². The highest BCUT2D eigenvalue weighted by molar-refractivity contribution is 7.98. The Kier molecular flexibility index (Phi) is 4.68. The first kappa shape index (κ1) is 14.5. The molecule has 1 N–H and O–H groups in total. The van der Waals surface area contributed by atoms with E-state index in [1.165, 1.54) is 11.8 Å². The third-order valence-electron chi connectivity index (χ3n) is 2.87. The van der Waals surface area contributed by atoms with Crippen LogP contribution in [0.4, 0.5) is 0 Å². The van der Waals surface area contributed by atoms with E-state index in [1.54, 1.807) is 0 Å². The van der Waals surface area contributed by atoms with E-state index in [-0.39, 0.29) is 12.2 Å². The van der Waals surface area contributed by atoms with Gasteiger partial charge in [0.05, 0.1) is 5.56 Å². The van der Waals surface area contributed by atoms with E-state index >= 15 is 0 Å². The lowest BCUT2D eigenvalue weighted by molar-refractivity contribution is 0.0664. The predicted octanol–water partition coefficient (Wildman–Crippen LogP) is 1.45. The second-order valence-electron chi connectivity index (χ2n) is 4.15. The average Bonchev–Trinajstić information content (AvgIpc) is 2.46. The maximum absolute atomic E-state index is 11.9. The van der Waals surface area contributed by atoms with Crippen LogP contribution in [0.2, 0.25) is 0 Å². The number of H-pyrrole nitrogens is 1. The molecule has 0 aliphatic heterocycles. The molecule has 2 rings (SSSR count). The van der Waals surface area contributed by atoms with Crippen molar-refractivity contribution in [2.24, 2.45) is 0 Å². The van der Waals surface area contributed by atoms with Gasteiger partial charge in [-0.1, -0.05) is 37.3 Å². The van der Waals surface area contributed by atoms with E-state index in [0.717, 1.165) is 10.3 Å². The van der Waals surface area contributed by atoms with Crippen LogP contribution >= 0.6 is 11.8 Å². The van der Waals surface area contributed by atoms with Crippen LogP contribution in [-0.4, -0.2) is 16.0 Å². The Labute approximate surface area is 120 Å². The van der Waals surface area contributed by atoms with Gasteiger partial charge in [0, 0.05) is 0 Å². The lowest BCUT2D eigenvalue weighted by Gasteiger charge is -2.14. The molecule has 0 aliphatic carbocycles. The Hall–Kier alpha value is -1.95. The quantitative estimate of drug-likeness (QED) is 0.669. The molecule has 0 fully saturated rings. The third kappa shape index (κ3) is 2.96. The van der Waals surface area contributed by atoms with Crippen molar-refractivity contribution in [2.75, 3.05) is 6.26 Å². The number of benzene rings is 1. The predicted molar refractivity (Wildman–Crippen MR) is 79.2 cm³/mol. The van der Waals surface area contributed by atoms with E-state index < -0.39 is 5.69 Å². The lowest BCUT2D eigenvalue weighted by atomic mass is 10.2. The van der Waals surface area contributed by atoms with E-state index in [9.17, 15) is 9.59 Å². The van der Waals surface area contributed by atoms with Crippen LogP contribution in [0.1, 0.15) is 18.1 Å². The molecule has 1 heterocycles. The van der Waals surface area contributed by atoms with E-state index in [0.29, 0.717) is 17.0 Å². The molecule has 0 bridgehead atoms. The first-order chi connectivity index (χ1) is 9.67. The van der Waals surface area contributed by atoms with Crippen LogP contribution in [0.3, 0.4) is 0 Å². The number of hydrogen-bond acceptors (Lipinski definition) is 4. The van der Waals surface area contributed by atoms with Gasteiger partial charge in [-0.25, -0.2) is 4.79 Å². The standard InChI is InChI=1S/C14H16N2O3S/c1-3-11-12(17)15-14(18)16(13(11)20-2)19-9-10-7-5-4-6-8-10/h4-8H,3,9H2,1-2H3,(H,15,17,18). The molecular weight excluding hydrogens is 276 g/mol. The van der Waals surface area contributed by atoms with E-state index in [4.69, 9.17) is 4.84 Å². The Morgan fingerprint density at radius 3 is 2.55 bits per heavy atom. The minimum atomic E-state index is -0.549. The Morgan fingerprint density at radius 2 is 1.95 bits per heavy atom. The van der Waals surface area contributed by atoms with Crippen LogP contribution in [0.25, 0.3) is 0 Å². The van der Waals surface area contributed by atoms with Gasteiger partial charge in [-0.15, -0.1) is 16.5 Å². The van der Waals surface area contributed by atoms with Crippen LogP contribution in [0.15, 0.2) is 44.9 Å². The van der Waals surface area contributed by atoms with Crippen molar-refractivity contribution < 1.29 is 4.84 Å². The largest absolute Gasteiger partial charge is 0.404 e. The number of aromatic amines is 1. The summed E-state index contributed by atoms with van der Waals surface area (Å²) in [6, 6.07) is 9.55. The third-order valence-corrected chi connectivity index (χ3v) is 3.67. The van der Waals surface area contributed by atoms with Gasteiger partial charge in [0.15, 0.2) is 0 Å². The molecule has 0 amide bonds. The first-order valence-corrected chi connectivity index (χ1v) is 7.49. The number of nitrogens with zero attached hydrogens (tertiary/aromatic N) is 1. The second-order valence-corrected chi connectivity index (χ2v) is 4.95. The molecular formula is C14H16N2O3S. The van der Waals surface area contributed by atoms with Crippen LogP contribution < -0.4 is 16.1 Å². The number of aromatic nitrogens is 2. The van der Waals surface area contributed by atoms with Crippen LogP contribution in [0.5, 0.6) is 0 Å². The highest BCUT2D eigenvalue weighted by Crippen LogP contribution is 2.15. The molecule has 2 aromatic rings. The summed E-state index contributed by atoms with van der Waals surface area (Å²) in [5.41, 5.74) is 0.620. The van der Waals surface area contributed by atoms with E-state index in [2.05, 4.69) is 4.98 Å². The van der Waals surface area contributed by atoms with Crippen molar-refractivity contribution in [1.82, 2.24) is 9.71 Å². The summed E-state index contributed by atoms with van der Waals surface area (Å²) in [5.74, 6) is 0. The van der Waals surface area contributed by atoms with Crippen molar-refractivity contribution in [3.8, 4) is 0 Å². The summed E-state index contributed by atoms with van der Waals surface area (Å²) >= 11 is 1.33. The molecule has 1 aromatic heterocycles. The number of nitrogens with one attached hydrogen (secondary N) is 1. The Morgan fingerprint density at radius 1 is 1.25 bits per heavy atom. The molecule has 0 spiro atoms. The molecule has 0 saturated heterocycles. The van der Waals surface area contributed by atoms with Gasteiger partial charge < -0.3 is 4.84 Å². The SMILES string of the molecule is CCc1c(SC)n(OCc2ccccc2)c(=O)[nH]c1=O. The van der Waals surface area contributed by atoms with Crippen molar-refractivity contribution in [3.05, 3.63) is 62.3 Å². The molecule has 0 atom stereocenters. The van der Waals surface area contributed by atoms with Crippen molar-refractivity contribution >= 4 is 11.8 Å². The van der Waals surface area contributed by atoms with Crippen molar-refractivity contribution in [2.45, 2.75) is 25.0 Å². The van der Waals surface area contributed by atoms with Gasteiger partial charge in [-0.2, -0.15) is 0 Å². The van der Waals surface area contributed by atoms with Crippen molar-refractivity contribution in [3.63, 3.8) is 0 Å². The van der Waals surface area contributed by atoms with Gasteiger partial charge in [0.2, 0.25) is 0 Å². The van der Waals surface area contributed by atoms with Gasteiger partial charge >= 0.3 is 5.69 Å². The fourth-order valence-corrected chi connectivity index (χ4v) is 2.67. The monoisotopic (exact) mass is 292 g/mol. The smallest absolute Gasteiger partial charge is 0.362 e. The second kappa shape index (κ2) is 6.47. The minimum Gasteiger partial charge on any atom is -0.404 e. The molecule has 0 saturated carbocycles. The van der Waals surface area contributed by atoms with E-state index in [1.807, 2.05) is 43.5 Å². The lowest BCUT2D eigenvalue weighted by Crippen LogP contribution is -2.37. The summed E-state index contributed by atoms with van der Waals surface area (Å²) < 4.78 is 1.16. The molecule has 1 aromatic carbocycles. The van der Waals surface area contributed by atoms with Crippen LogP contribution in [0, 0.1) is 0 Å². The zero-order valence-electron chi connectivity index (χ0n) is 11.4. The van der Waals surface area contributed by atoms with Crippen molar-refractivity contribution in [1.29, 1.82) is 0 Å². The maximum atomic E-state index is 11.9. The Balaban J connectivity index is 2.36. The molecule has 0 unspecified atom stereocenters. The minimum absolute atomic E-state index is 0.267. The molecule has 20 heavy (non-hydrogen) atoms. The van der Waals surface area contributed by atoms with Gasteiger partial charge in [-0.3, -0.25) is 9.78 Å². The normalized spacial score (nSPS) is 10.5. The summed E-state index contributed by atoms with van der Waals surface area (Å²) in [6.07, 6.45) is 2.36. The molecule has 0 radical (unpaired) electrons. The maximum Gasteiger partial charge on any atom is 0.362 e. The number of hydrogen-bond donors (Lipinski definition) is 1.